The van der Waals surface area contributed by atoms with Crippen molar-refractivity contribution < 1.29 is 18.3 Å². The van der Waals surface area contributed by atoms with Gasteiger partial charge >= 0.3 is 0 Å². The Morgan fingerprint density at radius 3 is 2.53 bits per heavy atom. The lowest BCUT2D eigenvalue weighted by atomic mass is 9.71. The van der Waals surface area contributed by atoms with Gasteiger partial charge in [-0.2, -0.15) is 0 Å². The van der Waals surface area contributed by atoms with Crippen molar-refractivity contribution in [2.24, 2.45) is 17.8 Å². The topological polar surface area (TPSA) is 86.7 Å². The van der Waals surface area contributed by atoms with Crippen molar-refractivity contribution in [3.63, 3.8) is 0 Å². The van der Waals surface area contributed by atoms with Crippen LogP contribution in [0.2, 0.25) is 0 Å². The van der Waals surface area contributed by atoms with E-state index in [1.807, 2.05) is 4.90 Å². The van der Waals surface area contributed by atoms with Gasteiger partial charge in [-0.25, -0.2) is 13.1 Å². The normalized spacial score (nSPS) is 32.4. The van der Waals surface area contributed by atoms with Gasteiger partial charge in [0.1, 0.15) is 0 Å². The number of hydrogen-bond acceptors (Lipinski definition) is 4. The van der Waals surface area contributed by atoms with Crippen LogP contribution in [-0.4, -0.2) is 49.6 Å². The Morgan fingerprint density at radius 1 is 1.07 bits per heavy atom. The number of amides is 1. The lowest BCUT2D eigenvalue weighted by molar-refractivity contribution is -0.148. The highest BCUT2D eigenvalue weighted by atomic mass is 32.2. The van der Waals surface area contributed by atoms with E-state index in [2.05, 4.69) is 4.72 Å². The largest absolute Gasteiger partial charge is 0.389 e. The predicted octanol–water partition coefficient (Wildman–Crippen LogP) is 2.92. The van der Waals surface area contributed by atoms with Gasteiger partial charge in [-0.3, -0.25) is 4.79 Å². The van der Waals surface area contributed by atoms with Crippen LogP contribution in [0.4, 0.5) is 0 Å². The summed E-state index contributed by atoms with van der Waals surface area (Å²) >= 11 is 0. The Labute approximate surface area is 180 Å². The van der Waals surface area contributed by atoms with E-state index in [1.165, 1.54) is 0 Å². The van der Waals surface area contributed by atoms with E-state index in [9.17, 15) is 18.3 Å². The summed E-state index contributed by atoms with van der Waals surface area (Å²) in [6.45, 7) is 1.80. The number of nitrogens with one attached hydrogen (secondary N) is 1. The Kier molecular flexibility index (Phi) is 6.51. The van der Waals surface area contributed by atoms with Gasteiger partial charge in [0.05, 0.1) is 10.5 Å². The molecule has 4 rings (SSSR count). The molecule has 1 saturated heterocycles. The number of fused-ring (bicyclic) bond motifs is 1. The lowest BCUT2D eigenvalue weighted by Gasteiger charge is -2.48. The maximum atomic E-state index is 13.1. The first kappa shape index (κ1) is 21.8. The Hall–Kier alpha value is -1.44. The van der Waals surface area contributed by atoms with Gasteiger partial charge in [-0.15, -0.1) is 0 Å². The second kappa shape index (κ2) is 8.97. The molecule has 6 nitrogen and oxygen atoms in total. The van der Waals surface area contributed by atoms with Crippen molar-refractivity contribution in [2.45, 2.75) is 68.3 Å². The first-order chi connectivity index (χ1) is 14.4. The van der Waals surface area contributed by atoms with Gasteiger partial charge in [-0.1, -0.05) is 31.0 Å². The molecule has 1 heterocycles. The van der Waals surface area contributed by atoms with Gasteiger partial charge in [0.25, 0.3) is 0 Å². The molecule has 0 radical (unpaired) electrons. The molecule has 2 aliphatic carbocycles. The zero-order chi connectivity index (χ0) is 21.2. The van der Waals surface area contributed by atoms with Gasteiger partial charge < -0.3 is 10.0 Å². The number of nitrogens with zero attached hydrogens (tertiary/aromatic N) is 1. The van der Waals surface area contributed by atoms with Crippen LogP contribution in [0.15, 0.2) is 35.2 Å². The summed E-state index contributed by atoms with van der Waals surface area (Å²) in [6.07, 6.45) is 8.24. The highest BCUT2D eigenvalue weighted by molar-refractivity contribution is 7.89. The summed E-state index contributed by atoms with van der Waals surface area (Å²) in [5.41, 5.74) is -0.553. The molecule has 2 saturated carbocycles. The van der Waals surface area contributed by atoms with E-state index in [0.29, 0.717) is 31.0 Å². The number of aliphatic hydroxyl groups is 1. The first-order valence-electron chi connectivity index (χ1n) is 11.4. The Bertz CT molecular complexity index is 836. The minimum atomic E-state index is -3.47. The minimum Gasteiger partial charge on any atom is -0.389 e. The number of likely N-dealkylation sites (tertiary alicyclic amines) is 1. The molecule has 3 fully saturated rings. The smallest absolute Gasteiger partial charge is 0.240 e. The van der Waals surface area contributed by atoms with E-state index in [-0.39, 0.29) is 23.7 Å². The number of sulfonamides is 1. The number of rotatable bonds is 5. The number of piperidine rings is 1. The number of carbonyl (C=O) groups excluding carboxylic acids is 1. The fraction of sp³-hybridized carbons (Fsp3) is 0.696. The van der Waals surface area contributed by atoms with Gasteiger partial charge in [-0.05, 0) is 63.0 Å². The fourth-order valence-corrected chi connectivity index (χ4v) is 6.69. The van der Waals surface area contributed by atoms with Crippen LogP contribution in [0.1, 0.15) is 57.8 Å². The van der Waals surface area contributed by atoms with Crippen LogP contribution < -0.4 is 4.72 Å². The molecule has 7 heteroatoms. The average Bonchev–Trinajstić information content (AvgIpc) is 2.77. The number of benzene rings is 1. The summed E-state index contributed by atoms with van der Waals surface area (Å²) in [4.78, 5) is 15.4. The van der Waals surface area contributed by atoms with Crippen LogP contribution in [0.3, 0.4) is 0 Å². The lowest BCUT2D eigenvalue weighted by Crippen LogP contribution is -2.55. The molecule has 166 valence electrons. The first-order valence-corrected chi connectivity index (χ1v) is 12.9. The molecule has 1 aromatic rings. The molecule has 1 aromatic carbocycles. The average molecular weight is 435 g/mol. The maximum Gasteiger partial charge on any atom is 0.240 e. The minimum absolute atomic E-state index is 0.0433. The fourth-order valence-electron chi connectivity index (χ4n) is 5.55. The highest BCUT2D eigenvalue weighted by Crippen LogP contribution is 2.40. The summed E-state index contributed by atoms with van der Waals surface area (Å²) in [6, 6.07) is 8.45. The van der Waals surface area contributed by atoms with E-state index in [4.69, 9.17) is 0 Å². The van der Waals surface area contributed by atoms with Crippen LogP contribution in [-0.2, 0) is 14.8 Å². The van der Waals surface area contributed by atoms with Crippen LogP contribution in [0.5, 0.6) is 0 Å². The second-order valence-corrected chi connectivity index (χ2v) is 11.2. The summed E-state index contributed by atoms with van der Waals surface area (Å²) < 4.78 is 27.5. The summed E-state index contributed by atoms with van der Waals surface area (Å²) in [5, 5.41) is 10.8. The Balaban J connectivity index is 1.25. The zero-order valence-corrected chi connectivity index (χ0v) is 18.4. The van der Waals surface area contributed by atoms with Crippen LogP contribution >= 0.6 is 0 Å². The molecule has 2 atom stereocenters. The van der Waals surface area contributed by atoms with Crippen molar-refractivity contribution in [3.8, 4) is 0 Å². The third-order valence-electron chi connectivity index (χ3n) is 7.55. The van der Waals surface area contributed by atoms with Crippen LogP contribution in [0.25, 0.3) is 0 Å². The van der Waals surface area contributed by atoms with Gasteiger partial charge in [0, 0.05) is 31.5 Å². The van der Waals surface area contributed by atoms with Crippen molar-refractivity contribution in [1.29, 1.82) is 0 Å². The number of carbonyl (C=O) groups is 1. The van der Waals surface area contributed by atoms with E-state index < -0.39 is 15.6 Å². The molecule has 2 N–H and O–H groups in total. The molecule has 0 aromatic heterocycles. The van der Waals surface area contributed by atoms with E-state index in [1.54, 1.807) is 30.3 Å². The standard InChI is InChI=1S/C23H34N2O4S/c26-22(25-15-14-23(27)13-5-4-6-20(23)17-25)19-11-9-18(10-12-19)16-24-30(28,29)21-7-2-1-3-8-21/h1-3,7-8,18-20,24,27H,4-6,9-17H2. The van der Waals surface area contributed by atoms with Gasteiger partial charge in [0.2, 0.25) is 15.9 Å². The molecule has 1 amide bonds. The van der Waals surface area contributed by atoms with Crippen molar-refractivity contribution >= 4 is 15.9 Å². The molecule has 2 unspecified atom stereocenters. The van der Waals surface area contributed by atoms with Crippen LogP contribution in [0, 0.1) is 17.8 Å². The molecule has 1 aliphatic heterocycles. The molecule has 30 heavy (non-hydrogen) atoms. The Morgan fingerprint density at radius 2 is 1.80 bits per heavy atom. The molecular weight excluding hydrogens is 400 g/mol. The third-order valence-corrected chi connectivity index (χ3v) is 8.99. The second-order valence-electron chi connectivity index (χ2n) is 9.46. The predicted molar refractivity (Wildman–Crippen MR) is 115 cm³/mol. The molecule has 0 spiro atoms. The van der Waals surface area contributed by atoms with E-state index >= 15 is 0 Å². The zero-order valence-electron chi connectivity index (χ0n) is 17.6. The van der Waals surface area contributed by atoms with Crippen molar-refractivity contribution in [1.82, 2.24) is 9.62 Å². The molecular formula is C23H34N2O4S. The van der Waals surface area contributed by atoms with Crippen molar-refractivity contribution in [2.75, 3.05) is 19.6 Å². The van der Waals surface area contributed by atoms with E-state index in [0.717, 1.165) is 51.4 Å². The summed E-state index contributed by atoms with van der Waals surface area (Å²) in [7, 11) is -3.47. The molecule has 0 bridgehead atoms. The van der Waals surface area contributed by atoms with Crippen molar-refractivity contribution in [3.05, 3.63) is 30.3 Å². The molecule has 3 aliphatic rings. The summed E-state index contributed by atoms with van der Waals surface area (Å²) in [5.74, 6) is 0.790. The van der Waals surface area contributed by atoms with Gasteiger partial charge in [0.15, 0.2) is 0 Å². The third kappa shape index (κ3) is 4.73. The quantitative estimate of drug-likeness (QED) is 0.746. The maximum absolute atomic E-state index is 13.1. The number of hydrogen-bond donors (Lipinski definition) is 2. The monoisotopic (exact) mass is 434 g/mol. The highest BCUT2D eigenvalue weighted by Gasteiger charge is 2.44. The SMILES string of the molecule is O=C(C1CCC(CNS(=O)(=O)c2ccccc2)CC1)N1CCC2(O)CCCCC2C1.